The molecule has 1 aromatic carbocycles. The molecule has 0 saturated carbocycles. The zero-order valence-electron chi connectivity index (χ0n) is 8.92. The van der Waals surface area contributed by atoms with Crippen LogP contribution < -0.4 is 4.74 Å². The normalized spacial score (nSPS) is 10.3. The number of carbonyl (C=O) groups is 1. The summed E-state index contributed by atoms with van der Waals surface area (Å²) in [7, 11) is 1.57. The van der Waals surface area contributed by atoms with Crippen molar-refractivity contribution >= 4 is 12.2 Å². The molecular formula is C11H13NO4. The highest BCUT2D eigenvalue weighted by Crippen LogP contribution is 2.14. The molecule has 5 heteroatoms. The van der Waals surface area contributed by atoms with E-state index in [4.69, 9.17) is 14.7 Å². The van der Waals surface area contributed by atoms with Crippen molar-refractivity contribution in [3.63, 3.8) is 0 Å². The molecular weight excluding hydrogens is 210 g/mol. The molecule has 0 amide bonds. The molecule has 86 valence electrons. The van der Waals surface area contributed by atoms with Gasteiger partial charge in [0.2, 0.25) is 0 Å². The van der Waals surface area contributed by atoms with E-state index in [9.17, 15) is 4.79 Å². The van der Waals surface area contributed by atoms with Gasteiger partial charge in [0, 0.05) is 5.56 Å². The van der Waals surface area contributed by atoms with E-state index < -0.39 is 5.97 Å². The minimum Gasteiger partial charge on any atom is -0.496 e. The summed E-state index contributed by atoms with van der Waals surface area (Å²) in [5, 5.41) is 12.0. The first kappa shape index (κ1) is 12.0. The van der Waals surface area contributed by atoms with Crippen LogP contribution in [0.2, 0.25) is 0 Å². The fourth-order valence-corrected chi connectivity index (χ4v) is 1.05. The van der Waals surface area contributed by atoms with Crippen molar-refractivity contribution in [2.75, 3.05) is 13.7 Å². The molecule has 0 radical (unpaired) electrons. The summed E-state index contributed by atoms with van der Waals surface area (Å²) in [5.41, 5.74) is 0.778. The maximum atomic E-state index is 10.2. The van der Waals surface area contributed by atoms with Crippen molar-refractivity contribution in [2.45, 2.75) is 6.42 Å². The average molecular weight is 223 g/mol. The maximum absolute atomic E-state index is 10.2. The summed E-state index contributed by atoms with van der Waals surface area (Å²) in [5.74, 6) is -0.222. The molecule has 0 aliphatic carbocycles. The van der Waals surface area contributed by atoms with Gasteiger partial charge in [0.25, 0.3) is 0 Å². The summed E-state index contributed by atoms with van der Waals surface area (Å²) < 4.78 is 5.10. The molecule has 0 atom stereocenters. The lowest BCUT2D eigenvalue weighted by atomic mass is 10.2. The second-order valence-electron chi connectivity index (χ2n) is 2.95. The number of hydrogen-bond donors (Lipinski definition) is 1. The van der Waals surface area contributed by atoms with Gasteiger partial charge in [-0.1, -0.05) is 17.3 Å². The van der Waals surface area contributed by atoms with Crippen LogP contribution in [0.3, 0.4) is 0 Å². The number of methoxy groups -OCH3 is 1. The van der Waals surface area contributed by atoms with Crippen LogP contribution in [0.15, 0.2) is 29.4 Å². The predicted molar refractivity (Wildman–Crippen MR) is 58.8 cm³/mol. The molecule has 0 spiro atoms. The van der Waals surface area contributed by atoms with Gasteiger partial charge >= 0.3 is 5.97 Å². The Hall–Kier alpha value is -2.04. The second-order valence-corrected chi connectivity index (χ2v) is 2.95. The Kier molecular flexibility index (Phi) is 4.85. The number of aliphatic carboxylic acids is 1. The molecule has 0 unspecified atom stereocenters. The monoisotopic (exact) mass is 223 g/mol. The third-order valence-corrected chi connectivity index (χ3v) is 1.81. The highest BCUT2D eigenvalue weighted by molar-refractivity contribution is 5.83. The number of carboxylic acid groups (broad SMARTS) is 1. The Morgan fingerprint density at radius 1 is 1.50 bits per heavy atom. The van der Waals surface area contributed by atoms with Gasteiger partial charge in [-0.2, -0.15) is 0 Å². The summed E-state index contributed by atoms with van der Waals surface area (Å²) in [6, 6.07) is 7.32. The average Bonchev–Trinajstić information content (AvgIpc) is 2.29. The van der Waals surface area contributed by atoms with Gasteiger partial charge in [-0.05, 0) is 12.1 Å². The van der Waals surface area contributed by atoms with E-state index in [2.05, 4.69) is 5.16 Å². The van der Waals surface area contributed by atoms with E-state index in [1.54, 1.807) is 13.2 Å². The minimum absolute atomic E-state index is 0.0565. The number of rotatable bonds is 6. The number of ether oxygens (including phenoxy) is 1. The van der Waals surface area contributed by atoms with Crippen LogP contribution in [0, 0.1) is 0 Å². The Morgan fingerprint density at radius 2 is 2.25 bits per heavy atom. The van der Waals surface area contributed by atoms with Crippen LogP contribution >= 0.6 is 0 Å². The van der Waals surface area contributed by atoms with E-state index in [1.807, 2.05) is 18.2 Å². The van der Waals surface area contributed by atoms with Crippen molar-refractivity contribution in [3.8, 4) is 5.75 Å². The van der Waals surface area contributed by atoms with Crippen LogP contribution in [0.4, 0.5) is 0 Å². The fourth-order valence-electron chi connectivity index (χ4n) is 1.05. The van der Waals surface area contributed by atoms with E-state index in [-0.39, 0.29) is 13.0 Å². The van der Waals surface area contributed by atoms with Gasteiger partial charge in [-0.25, -0.2) is 0 Å². The molecule has 1 N–H and O–H groups in total. The topological polar surface area (TPSA) is 68.1 Å². The molecule has 0 fully saturated rings. The molecule has 1 rings (SSSR count). The molecule has 0 bridgehead atoms. The molecule has 1 aromatic rings. The van der Waals surface area contributed by atoms with Crippen LogP contribution in [-0.4, -0.2) is 31.0 Å². The number of oxime groups is 1. The molecule has 0 aromatic heterocycles. The van der Waals surface area contributed by atoms with Gasteiger partial charge in [-0.3, -0.25) is 4.79 Å². The van der Waals surface area contributed by atoms with Crippen molar-refractivity contribution in [3.05, 3.63) is 29.8 Å². The lowest BCUT2D eigenvalue weighted by Gasteiger charge is -2.02. The van der Waals surface area contributed by atoms with E-state index in [0.29, 0.717) is 5.75 Å². The third kappa shape index (κ3) is 4.00. The zero-order valence-corrected chi connectivity index (χ0v) is 8.92. The zero-order chi connectivity index (χ0) is 11.8. The highest BCUT2D eigenvalue weighted by Gasteiger charge is 1.98. The summed E-state index contributed by atoms with van der Waals surface area (Å²) in [6.45, 7) is 0.0565. The number of hydrogen-bond acceptors (Lipinski definition) is 4. The largest absolute Gasteiger partial charge is 0.496 e. The number of nitrogens with zero attached hydrogens (tertiary/aromatic N) is 1. The summed E-state index contributed by atoms with van der Waals surface area (Å²) >= 11 is 0. The van der Waals surface area contributed by atoms with Gasteiger partial charge in [0.15, 0.2) is 0 Å². The van der Waals surface area contributed by atoms with Crippen molar-refractivity contribution in [1.29, 1.82) is 0 Å². The molecule has 0 saturated heterocycles. The van der Waals surface area contributed by atoms with Crippen LogP contribution in [-0.2, 0) is 9.63 Å². The molecule has 0 aliphatic rings. The van der Waals surface area contributed by atoms with E-state index in [1.165, 1.54) is 6.21 Å². The standard InChI is InChI=1S/C11H13NO4/c1-15-10-5-3-2-4-9(10)8-12-16-7-6-11(13)14/h2-5,8H,6-7H2,1H3,(H,13,14). The first-order valence-electron chi connectivity index (χ1n) is 4.74. The smallest absolute Gasteiger partial charge is 0.306 e. The van der Waals surface area contributed by atoms with E-state index >= 15 is 0 Å². The Balaban J connectivity index is 2.46. The Labute approximate surface area is 93.3 Å². The fraction of sp³-hybridized carbons (Fsp3) is 0.273. The molecule has 16 heavy (non-hydrogen) atoms. The van der Waals surface area contributed by atoms with Gasteiger partial charge in [-0.15, -0.1) is 0 Å². The van der Waals surface area contributed by atoms with Gasteiger partial charge in [0.05, 0.1) is 19.7 Å². The van der Waals surface area contributed by atoms with Gasteiger partial charge < -0.3 is 14.7 Å². The van der Waals surface area contributed by atoms with Crippen LogP contribution in [0.25, 0.3) is 0 Å². The van der Waals surface area contributed by atoms with E-state index in [0.717, 1.165) is 5.56 Å². The Bertz CT molecular complexity index is 376. The van der Waals surface area contributed by atoms with Gasteiger partial charge in [0.1, 0.15) is 12.4 Å². The quantitative estimate of drug-likeness (QED) is 0.451. The highest BCUT2D eigenvalue weighted by atomic mass is 16.6. The predicted octanol–water partition coefficient (Wildman–Crippen LogP) is 1.52. The number of benzene rings is 1. The first-order chi connectivity index (χ1) is 7.74. The second kappa shape index (κ2) is 6.44. The molecule has 0 aliphatic heterocycles. The Morgan fingerprint density at radius 3 is 2.94 bits per heavy atom. The number of para-hydroxylation sites is 1. The summed E-state index contributed by atoms with van der Waals surface area (Å²) in [4.78, 5) is 15.0. The van der Waals surface area contributed by atoms with Crippen molar-refractivity contribution in [1.82, 2.24) is 0 Å². The lowest BCUT2D eigenvalue weighted by molar-refractivity contribution is -0.138. The molecule has 5 nitrogen and oxygen atoms in total. The van der Waals surface area contributed by atoms with Crippen LogP contribution in [0.1, 0.15) is 12.0 Å². The van der Waals surface area contributed by atoms with Crippen LogP contribution in [0.5, 0.6) is 5.75 Å². The number of carboxylic acids is 1. The first-order valence-corrected chi connectivity index (χ1v) is 4.74. The minimum atomic E-state index is -0.910. The third-order valence-electron chi connectivity index (χ3n) is 1.81. The van der Waals surface area contributed by atoms with Crippen molar-refractivity contribution in [2.24, 2.45) is 5.16 Å². The summed E-state index contributed by atoms with van der Waals surface area (Å²) in [6.07, 6.45) is 1.42. The lowest BCUT2D eigenvalue weighted by Crippen LogP contribution is -1.99. The van der Waals surface area contributed by atoms with Crippen molar-refractivity contribution < 1.29 is 19.5 Å². The SMILES string of the molecule is COc1ccccc1C=NOCCC(=O)O. The maximum Gasteiger partial charge on any atom is 0.306 e. The molecule has 0 heterocycles.